The Morgan fingerprint density at radius 3 is 2.44 bits per heavy atom. The van der Waals surface area contributed by atoms with Crippen LogP contribution in [0.3, 0.4) is 0 Å². The third-order valence-electron chi connectivity index (χ3n) is 4.68. The van der Waals surface area contributed by atoms with E-state index in [2.05, 4.69) is 19.2 Å². The number of rotatable bonds is 9. The molecule has 1 aromatic heterocycles. The van der Waals surface area contributed by atoms with Gasteiger partial charge < -0.3 is 23.9 Å². The molecule has 168 valence electrons. The topological polar surface area (TPSA) is 104 Å². The highest BCUT2D eigenvalue weighted by atomic mass is 16.6. The number of fused-ring (bicyclic) bond motifs is 1. The van der Waals surface area contributed by atoms with E-state index in [1.165, 1.54) is 24.8 Å². The van der Waals surface area contributed by atoms with E-state index in [-0.39, 0.29) is 30.0 Å². The van der Waals surface area contributed by atoms with Crippen LogP contribution in [0.4, 0.5) is 0 Å². The lowest BCUT2D eigenvalue weighted by molar-refractivity contribution is -0.136. The van der Waals surface area contributed by atoms with Crippen molar-refractivity contribution in [1.29, 1.82) is 0 Å². The fourth-order valence-electron chi connectivity index (χ4n) is 2.93. The third kappa shape index (κ3) is 5.95. The first-order valence-corrected chi connectivity index (χ1v) is 10.2. The van der Waals surface area contributed by atoms with Gasteiger partial charge in [-0.1, -0.05) is 26.0 Å². The summed E-state index contributed by atoms with van der Waals surface area (Å²) in [5.41, 5.74) is 0.464. The van der Waals surface area contributed by atoms with E-state index in [1.807, 2.05) is 12.1 Å². The highest BCUT2D eigenvalue weighted by molar-refractivity contribution is 5.96. The van der Waals surface area contributed by atoms with Gasteiger partial charge in [-0.05, 0) is 41.8 Å². The monoisotopic (exact) mass is 439 g/mol. The summed E-state index contributed by atoms with van der Waals surface area (Å²) in [6.45, 7) is 4.51. The number of carbonyl (C=O) groups excluding carboxylic acids is 2. The summed E-state index contributed by atoms with van der Waals surface area (Å²) in [6.07, 6.45) is 0. The Kier molecular flexibility index (Phi) is 7.62. The summed E-state index contributed by atoms with van der Waals surface area (Å²) in [5.74, 6) is 0.0116. The molecule has 0 spiro atoms. The minimum Gasteiger partial charge on any atom is -0.482 e. The highest BCUT2D eigenvalue weighted by Crippen LogP contribution is 2.21. The van der Waals surface area contributed by atoms with Gasteiger partial charge in [-0.25, -0.2) is 9.59 Å². The van der Waals surface area contributed by atoms with Crippen molar-refractivity contribution in [3.05, 3.63) is 70.1 Å². The molecular weight excluding hydrogens is 414 g/mol. The van der Waals surface area contributed by atoms with E-state index < -0.39 is 17.5 Å². The van der Waals surface area contributed by atoms with Gasteiger partial charge in [0.15, 0.2) is 6.61 Å². The number of hydrogen-bond acceptors (Lipinski definition) is 7. The maximum atomic E-state index is 12.2. The van der Waals surface area contributed by atoms with E-state index >= 15 is 0 Å². The zero-order valence-corrected chi connectivity index (χ0v) is 18.2. The molecule has 0 aliphatic heterocycles. The fourth-order valence-corrected chi connectivity index (χ4v) is 2.93. The van der Waals surface area contributed by atoms with E-state index in [0.717, 1.165) is 0 Å². The molecule has 0 atom stereocenters. The molecule has 8 heteroatoms. The van der Waals surface area contributed by atoms with Crippen LogP contribution in [0.2, 0.25) is 0 Å². The van der Waals surface area contributed by atoms with Crippen molar-refractivity contribution in [3.63, 3.8) is 0 Å². The van der Waals surface area contributed by atoms with Gasteiger partial charge in [-0.15, -0.1) is 0 Å². The largest absolute Gasteiger partial charge is 0.482 e. The quantitative estimate of drug-likeness (QED) is 0.236. The summed E-state index contributed by atoms with van der Waals surface area (Å²) in [5, 5.41) is 3.09. The molecule has 0 unspecified atom stereocenters. The summed E-state index contributed by atoms with van der Waals surface area (Å²) in [6, 6.07) is 13.5. The summed E-state index contributed by atoms with van der Waals surface area (Å²) in [4.78, 5) is 36.4. The maximum absolute atomic E-state index is 12.2. The number of nitrogens with one attached hydrogen (secondary N) is 1. The van der Waals surface area contributed by atoms with E-state index in [0.29, 0.717) is 23.7 Å². The van der Waals surface area contributed by atoms with Crippen LogP contribution in [0.1, 0.15) is 35.7 Å². The Morgan fingerprint density at radius 2 is 1.75 bits per heavy atom. The fraction of sp³-hybridized carbons (Fsp3) is 0.292. The van der Waals surface area contributed by atoms with Gasteiger partial charge in [0.05, 0.1) is 6.61 Å². The van der Waals surface area contributed by atoms with Gasteiger partial charge in [0.2, 0.25) is 0 Å². The van der Waals surface area contributed by atoms with Gasteiger partial charge in [0.25, 0.3) is 5.91 Å². The second-order valence-electron chi connectivity index (χ2n) is 7.38. The van der Waals surface area contributed by atoms with Crippen molar-refractivity contribution in [2.24, 2.45) is 0 Å². The second kappa shape index (κ2) is 10.6. The van der Waals surface area contributed by atoms with Gasteiger partial charge >= 0.3 is 11.6 Å². The molecule has 3 aromatic rings. The first kappa shape index (κ1) is 23.0. The van der Waals surface area contributed by atoms with E-state index in [4.69, 9.17) is 18.6 Å². The minimum atomic E-state index is -0.788. The van der Waals surface area contributed by atoms with Crippen LogP contribution in [0.25, 0.3) is 11.0 Å². The third-order valence-corrected chi connectivity index (χ3v) is 4.68. The predicted molar refractivity (Wildman–Crippen MR) is 118 cm³/mol. The predicted octanol–water partition coefficient (Wildman–Crippen LogP) is 3.28. The standard InChI is InChI=1S/C24H25NO7/c1-15(2)16-4-7-18(8-5-16)30-14-22(26)31-19-9-6-17-12-20(23(27)25-10-11-29-3)24(28)32-21(17)13-19/h4-9,12-13,15H,10-11,14H2,1-3H3,(H,25,27). The Bertz CT molecular complexity index is 1150. The Hall–Kier alpha value is -3.65. The molecule has 1 heterocycles. The zero-order valence-electron chi connectivity index (χ0n) is 18.2. The molecule has 0 bridgehead atoms. The van der Waals surface area contributed by atoms with Crippen molar-refractivity contribution in [1.82, 2.24) is 5.32 Å². The van der Waals surface area contributed by atoms with Gasteiger partial charge in [0, 0.05) is 25.1 Å². The molecule has 0 fully saturated rings. The van der Waals surface area contributed by atoms with Gasteiger partial charge in [-0.2, -0.15) is 0 Å². The number of esters is 1. The van der Waals surface area contributed by atoms with Crippen LogP contribution in [0.5, 0.6) is 11.5 Å². The molecule has 2 aromatic carbocycles. The molecule has 1 amide bonds. The normalized spacial score (nSPS) is 10.9. The molecule has 8 nitrogen and oxygen atoms in total. The van der Waals surface area contributed by atoms with Crippen molar-refractivity contribution in [2.75, 3.05) is 26.9 Å². The maximum Gasteiger partial charge on any atom is 0.349 e. The van der Waals surface area contributed by atoms with Crippen molar-refractivity contribution < 1.29 is 28.2 Å². The highest BCUT2D eigenvalue weighted by Gasteiger charge is 2.14. The van der Waals surface area contributed by atoms with E-state index in [9.17, 15) is 14.4 Å². The number of benzene rings is 2. The smallest absolute Gasteiger partial charge is 0.349 e. The lowest BCUT2D eigenvalue weighted by Gasteiger charge is -2.09. The first-order valence-electron chi connectivity index (χ1n) is 10.2. The summed E-state index contributed by atoms with van der Waals surface area (Å²) < 4.78 is 20.8. The molecule has 0 aliphatic rings. The molecule has 0 saturated heterocycles. The van der Waals surface area contributed by atoms with Crippen molar-refractivity contribution >= 4 is 22.8 Å². The van der Waals surface area contributed by atoms with Crippen LogP contribution < -0.4 is 20.4 Å². The van der Waals surface area contributed by atoms with Crippen LogP contribution in [0.15, 0.2) is 57.7 Å². The average Bonchev–Trinajstić information content (AvgIpc) is 2.77. The Labute approximate surface area is 185 Å². The SMILES string of the molecule is COCCNC(=O)c1cc2ccc(OC(=O)COc3ccc(C(C)C)cc3)cc2oc1=O. The molecule has 0 radical (unpaired) electrons. The number of methoxy groups -OCH3 is 1. The molecule has 0 aliphatic carbocycles. The molecule has 3 rings (SSSR count). The van der Waals surface area contributed by atoms with Gasteiger partial charge in [-0.3, -0.25) is 4.79 Å². The second-order valence-corrected chi connectivity index (χ2v) is 7.38. The molecule has 0 saturated carbocycles. The lowest BCUT2D eigenvalue weighted by Crippen LogP contribution is -2.30. The molecule has 1 N–H and O–H groups in total. The summed E-state index contributed by atoms with van der Waals surface area (Å²) >= 11 is 0. The Morgan fingerprint density at radius 1 is 1.03 bits per heavy atom. The van der Waals surface area contributed by atoms with E-state index in [1.54, 1.807) is 24.3 Å². The lowest BCUT2D eigenvalue weighted by atomic mass is 10.0. The molecule has 32 heavy (non-hydrogen) atoms. The van der Waals surface area contributed by atoms with Crippen LogP contribution in [-0.4, -0.2) is 38.7 Å². The first-order chi connectivity index (χ1) is 15.4. The van der Waals surface area contributed by atoms with Crippen molar-refractivity contribution in [2.45, 2.75) is 19.8 Å². The number of carbonyl (C=O) groups is 2. The number of hydrogen-bond donors (Lipinski definition) is 1. The molecular formula is C24H25NO7. The average molecular weight is 439 g/mol. The minimum absolute atomic E-state index is 0.116. The van der Waals surface area contributed by atoms with Crippen LogP contribution in [-0.2, 0) is 9.53 Å². The van der Waals surface area contributed by atoms with Crippen molar-refractivity contribution in [3.8, 4) is 11.5 Å². The van der Waals surface area contributed by atoms with Gasteiger partial charge in [0.1, 0.15) is 22.6 Å². The number of ether oxygens (including phenoxy) is 3. The Balaban J connectivity index is 1.63. The zero-order chi connectivity index (χ0) is 23.1. The van der Waals surface area contributed by atoms with Crippen LogP contribution >= 0.6 is 0 Å². The van der Waals surface area contributed by atoms with Crippen LogP contribution in [0, 0.1) is 0 Å². The summed E-state index contributed by atoms with van der Waals surface area (Å²) in [7, 11) is 1.51. The number of amides is 1.